The number of piperazine rings is 1. The molecule has 4 nitrogen and oxygen atoms in total. The molecule has 3 heterocycles. The van der Waals surface area contributed by atoms with E-state index in [2.05, 4.69) is 4.90 Å². The Morgan fingerprint density at radius 1 is 1.20 bits per heavy atom. The standard InChI is InChI=1S/C15H22N2O2S/c1-12-10-20-11-14(12)15(18)17-6-4-16(5-7-17)13-2-8-19-9-3-13/h10-11,13H,2-9H2,1H3. The van der Waals surface area contributed by atoms with Gasteiger partial charge < -0.3 is 9.64 Å². The van der Waals surface area contributed by atoms with Crippen LogP contribution in [0, 0.1) is 6.92 Å². The molecule has 3 rings (SSSR count). The SMILES string of the molecule is Cc1cscc1C(=O)N1CCN(C2CCOCC2)CC1. The zero-order chi connectivity index (χ0) is 13.9. The number of amides is 1. The molecule has 0 unspecified atom stereocenters. The molecule has 1 aromatic heterocycles. The summed E-state index contributed by atoms with van der Waals surface area (Å²) in [4.78, 5) is 17.0. The number of hydrogen-bond acceptors (Lipinski definition) is 4. The Bertz CT molecular complexity index is 460. The first-order valence-corrected chi connectivity index (χ1v) is 8.34. The van der Waals surface area contributed by atoms with Crippen LogP contribution in [-0.2, 0) is 4.74 Å². The quantitative estimate of drug-likeness (QED) is 0.836. The first-order valence-electron chi connectivity index (χ1n) is 7.39. The van der Waals surface area contributed by atoms with Crippen molar-refractivity contribution in [3.63, 3.8) is 0 Å². The van der Waals surface area contributed by atoms with Crippen LogP contribution in [0.1, 0.15) is 28.8 Å². The molecular formula is C15H22N2O2S. The molecule has 0 aliphatic carbocycles. The molecule has 2 aliphatic rings. The molecule has 0 bridgehead atoms. The lowest BCUT2D eigenvalue weighted by Gasteiger charge is -2.40. The van der Waals surface area contributed by atoms with Crippen molar-refractivity contribution in [3.8, 4) is 0 Å². The average Bonchev–Trinajstić information content (AvgIpc) is 2.94. The molecule has 0 N–H and O–H groups in total. The van der Waals surface area contributed by atoms with E-state index in [4.69, 9.17) is 4.74 Å². The van der Waals surface area contributed by atoms with Gasteiger partial charge in [-0.2, -0.15) is 11.3 Å². The minimum absolute atomic E-state index is 0.204. The summed E-state index contributed by atoms with van der Waals surface area (Å²) in [6.07, 6.45) is 2.27. The van der Waals surface area contributed by atoms with E-state index in [9.17, 15) is 4.79 Å². The highest BCUT2D eigenvalue weighted by atomic mass is 32.1. The molecule has 0 aromatic carbocycles. The van der Waals surface area contributed by atoms with Crippen molar-refractivity contribution in [2.24, 2.45) is 0 Å². The maximum Gasteiger partial charge on any atom is 0.255 e. The van der Waals surface area contributed by atoms with Gasteiger partial charge in [0.05, 0.1) is 5.56 Å². The van der Waals surface area contributed by atoms with Crippen molar-refractivity contribution in [1.29, 1.82) is 0 Å². The number of nitrogens with zero attached hydrogens (tertiary/aromatic N) is 2. The van der Waals surface area contributed by atoms with Crippen LogP contribution in [0.3, 0.4) is 0 Å². The van der Waals surface area contributed by atoms with Gasteiger partial charge in [-0.1, -0.05) is 0 Å². The molecule has 1 amide bonds. The van der Waals surface area contributed by atoms with Crippen molar-refractivity contribution in [3.05, 3.63) is 21.9 Å². The number of carbonyl (C=O) groups excluding carboxylic acids is 1. The first kappa shape index (κ1) is 14.0. The van der Waals surface area contributed by atoms with Crippen LogP contribution in [0.2, 0.25) is 0 Å². The second-order valence-corrected chi connectivity index (χ2v) is 6.38. The van der Waals surface area contributed by atoms with E-state index in [-0.39, 0.29) is 5.91 Å². The predicted molar refractivity (Wildman–Crippen MR) is 80.4 cm³/mol. The normalized spacial score (nSPS) is 22.1. The van der Waals surface area contributed by atoms with Crippen LogP contribution in [0.25, 0.3) is 0 Å². The number of thiophene rings is 1. The Balaban J connectivity index is 1.55. The van der Waals surface area contributed by atoms with E-state index in [1.807, 2.05) is 22.6 Å². The third kappa shape index (κ3) is 2.90. The number of hydrogen-bond donors (Lipinski definition) is 0. The fraction of sp³-hybridized carbons (Fsp3) is 0.667. The summed E-state index contributed by atoms with van der Waals surface area (Å²) in [6, 6.07) is 0.656. The third-order valence-electron chi connectivity index (χ3n) is 4.39. The van der Waals surface area contributed by atoms with Crippen LogP contribution in [0.15, 0.2) is 10.8 Å². The summed E-state index contributed by atoms with van der Waals surface area (Å²) < 4.78 is 5.42. The Morgan fingerprint density at radius 2 is 1.90 bits per heavy atom. The lowest BCUT2D eigenvalue weighted by atomic mass is 10.1. The van der Waals surface area contributed by atoms with E-state index in [0.29, 0.717) is 6.04 Å². The molecule has 110 valence electrons. The number of carbonyl (C=O) groups is 1. The van der Waals surface area contributed by atoms with Gasteiger partial charge in [0.2, 0.25) is 0 Å². The van der Waals surface area contributed by atoms with E-state index in [1.54, 1.807) is 11.3 Å². The van der Waals surface area contributed by atoms with E-state index in [1.165, 1.54) is 0 Å². The summed E-state index contributed by atoms with van der Waals surface area (Å²) in [6.45, 7) is 7.49. The van der Waals surface area contributed by atoms with Crippen molar-refractivity contribution in [1.82, 2.24) is 9.80 Å². The van der Waals surface area contributed by atoms with Crippen molar-refractivity contribution < 1.29 is 9.53 Å². The molecule has 2 fully saturated rings. The van der Waals surface area contributed by atoms with Crippen LogP contribution < -0.4 is 0 Å². The summed E-state index contributed by atoms with van der Waals surface area (Å²) in [7, 11) is 0. The van der Waals surface area contributed by atoms with Gasteiger partial charge in [0.25, 0.3) is 5.91 Å². The maximum absolute atomic E-state index is 12.5. The van der Waals surface area contributed by atoms with Crippen molar-refractivity contribution in [2.75, 3.05) is 39.4 Å². The summed E-state index contributed by atoms with van der Waals surface area (Å²) in [5, 5.41) is 4.02. The Labute approximate surface area is 124 Å². The predicted octanol–water partition coefficient (Wildman–Crippen LogP) is 1.99. The highest BCUT2D eigenvalue weighted by Gasteiger charge is 2.28. The zero-order valence-electron chi connectivity index (χ0n) is 12.0. The summed E-state index contributed by atoms with van der Waals surface area (Å²) in [5.74, 6) is 0.204. The third-order valence-corrected chi connectivity index (χ3v) is 5.26. The van der Waals surface area contributed by atoms with Crippen molar-refractivity contribution >= 4 is 17.2 Å². The van der Waals surface area contributed by atoms with Gasteiger partial charge in [0.1, 0.15) is 0 Å². The maximum atomic E-state index is 12.5. The van der Waals surface area contributed by atoms with Gasteiger partial charge in [0.15, 0.2) is 0 Å². The molecule has 0 radical (unpaired) electrons. The number of aryl methyl sites for hydroxylation is 1. The smallest absolute Gasteiger partial charge is 0.255 e. The van der Waals surface area contributed by atoms with E-state index < -0.39 is 0 Å². The van der Waals surface area contributed by atoms with E-state index >= 15 is 0 Å². The average molecular weight is 294 g/mol. The second kappa shape index (κ2) is 6.24. The van der Waals surface area contributed by atoms with Crippen LogP contribution in [-0.4, -0.2) is 61.1 Å². The van der Waals surface area contributed by atoms with Crippen molar-refractivity contribution in [2.45, 2.75) is 25.8 Å². The summed E-state index contributed by atoms with van der Waals surface area (Å²) in [5.41, 5.74) is 1.99. The molecule has 0 atom stereocenters. The van der Waals surface area contributed by atoms with Crippen LogP contribution >= 0.6 is 11.3 Å². The van der Waals surface area contributed by atoms with E-state index in [0.717, 1.165) is 63.4 Å². The van der Waals surface area contributed by atoms with Gasteiger partial charge >= 0.3 is 0 Å². The Kier molecular flexibility index (Phi) is 4.38. The van der Waals surface area contributed by atoms with Gasteiger partial charge in [-0.3, -0.25) is 9.69 Å². The first-order chi connectivity index (χ1) is 9.75. The molecule has 0 saturated carbocycles. The van der Waals surface area contributed by atoms with Gasteiger partial charge in [0, 0.05) is 50.8 Å². The molecule has 5 heteroatoms. The molecule has 1 aromatic rings. The fourth-order valence-corrected chi connectivity index (χ4v) is 3.91. The molecule has 2 saturated heterocycles. The van der Waals surface area contributed by atoms with Gasteiger partial charge in [-0.25, -0.2) is 0 Å². The Morgan fingerprint density at radius 3 is 2.50 bits per heavy atom. The largest absolute Gasteiger partial charge is 0.381 e. The molecular weight excluding hydrogens is 272 g/mol. The molecule has 2 aliphatic heterocycles. The van der Waals surface area contributed by atoms with Crippen LogP contribution in [0.4, 0.5) is 0 Å². The topological polar surface area (TPSA) is 32.8 Å². The lowest BCUT2D eigenvalue weighted by molar-refractivity contribution is 0.0137. The number of rotatable bonds is 2. The minimum atomic E-state index is 0.204. The monoisotopic (exact) mass is 294 g/mol. The highest BCUT2D eigenvalue weighted by molar-refractivity contribution is 7.08. The zero-order valence-corrected chi connectivity index (χ0v) is 12.8. The fourth-order valence-electron chi connectivity index (χ4n) is 3.09. The summed E-state index contributed by atoms with van der Waals surface area (Å²) >= 11 is 1.61. The lowest BCUT2D eigenvalue weighted by Crippen LogP contribution is -2.53. The molecule has 0 spiro atoms. The minimum Gasteiger partial charge on any atom is -0.381 e. The highest BCUT2D eigenvalue weighted by Crippen LogP contribution is 2.20. The Hall–Kier alpha value is -0.910. The van der Waals surface area contributed by atoms with Gasteiger partial charge in [-0.05, 0) is 30.7 Å². The second-order valence-electron chi connectivity index (χ2n) is 5.64. The van der Waals surface area contributed by atoms with Gasteiger partial charge in [-0.15, -0.1) is 0 Å². The van der Waals surface area contributed by atoms with Crippen LogP contribution in [0.5, 0.6) is 0 Å². The molecule has 20 heavy (non-hydrogen) atoms. The number of ether oxygens (including phenoxy) is 1.